The molecule has 4 nitrogen and oxygen atoms in total. The molecule has 0 aliphatic carbocycles. The molecule has 5 heteroatoms. The molecule has 11 aromatic carbocycles. The Kier molecular flexibility index (Phi) is 8.79. The zero-order valence-electron chi connectivity index (χ0n) is 38.3. The molecular weight excluding hydrogens is 881 g/mol. The third kappa shape index (κ3) is 6.17. The van der Waals surface area contributed by atoms with Crippen LogP contribution in [0.3, 0.4) is 0 Å². The number of para-hydroxylation sites is 2. The van der Waals surface area contributed by atoms with Gasteiger partial charge in [-0.2, -0.15) is 0 Å². The second-order valence-corrected chi connectivity index (χ2v) is 19.5. The minimum atomic E-state index is 0.644. The zero-order chi connectivity index (χ0) is 46.6. The fraction of sp³-hybridized carbons (Fsp3) is 0. The second kappa shape index (κ2) is 15.7. The van der Waals surface area contributed by atoms with Gasteiger partial charge in [-0.05, 0) is 85.6 Å². The molecule has 71 heavy (non-hydrogen) atoms. The molecule has 0 bridgehead atoms. The second-order valence-electron chi connectivity index (χ2n) is 18.5. The third-order valence-electron chi connectivity index (χ3n) is 14.5. The van der Waals surface area contributed by atoms with E-state index < -0.39 is 0 Å². The lowest BCUT2D eigenvalue weighted by Gasteiger charge is -2.13. The summed E-state index contributed by atoms with van der Waals surface area (Å²) in [5.74, 6) is 0.644. The van der Waals surface area contributed by atoms with Crippen molar-refractivity contribution in [1.29, 1.82) is 0 Å². The number of benzene rings is 11. The quantitative estimate of drug-likeness (QED) is 0.167. The van der Waals surface area contributed by atoms with Crippen LogP contribution < -0.4 is 0 Å². The Balaban J connectivity index is 0.979. The molecule has 4 aromatic heterocycles. The molecule has 0 aliphatic heterocycles. The SMILES string of the molecule is c1ccc(-c2cc3nc(-n4c5ccc(-c6cccc7c8c9ccccc9ccc8n(-c8ccccc8)c67)cc5c5ccc6ccccc6c54)nc(-c4ccc(-c5cccc6ccccc56)cc4)c3s2)cc1. The molecule has 0 unspecified atom stereocenters. The van der Waals surface area contributed by atoms with Gasteiger partial charge in [-0.25, -0.2) is 9.97 Å². The van der Waals surface area contributed by atoms with Gasteiger partial charge in [-0.1, -0.05) is 206 Å². The summed E-state index contributed by atoms with van der Waals surface area (Å²) in [5.41, 5.74) is 14.4. The summed E-state index contributed by atoms with van der Waals surface area (Å²) in [4.78, 5) is 12.3. The molecule has 15 aromatic rings. The van der Waals surface area contributed by atoms with Crippen molar-refractivity contribution in [3.63, 3.8) is 0 Å². The minimum Gasteiger partial charge on any atom is -0.309 e. The van der Waals surface area contributed by atoms with Crippen molar-refractivity contribution in [2.24, 2.45) is 0 Å². The molecule has 0 spiro atoms. The highest BCUT2D eigenvalue weighted by atomic mass is 32.1. The molecule has 0 N–H and O–H groups in total. The van der Waals surface area contributed by atoms with E-state index in [1.807, 2.05) is 0 Å². The van der Waals surface area contributed by atoms with Crippen LogP contribution in [0.2, 0.25) is 0 Å². The Morgan fingerprint density at radius 3 is 1.76 bits per heavy atom. The monoisotopic (exact) mass is 920 g/mol. The highest BCUT2D eigenvalue weighted by Gasteiger charge is 2.23. The van der Waals surface area contributed by atoms with Gasteiger partial charge in [0.25, 0.3) is 0 Å². The molecule has 0 atom stereocenters. The van der Waals surface area contributed by atoms with E-state index in [2.05, 4.69) is 252 Å². The number of hydrogen-bond donors (Lipinski definition) is 0. The molecule has 0 amide bonds. The summed E-state index contributed by atoms with van der Waals surface area (Å²) in [7, 11) is 0. The highest BCUT2D eigenvalue weighted by molar-refractivity contribution is 7.22. The lowest BCUT2D eigenvalue weighted by Crippen LogP contribution is -2.03. The van der Waals surface area contributed by atoms with Crippen LogP contribution in [0.5, 0.6) is 0 Å². The average Bonchev–Trinajstić information content (AvgIpc) is 4.14. The third-order valence-corrected chi connectivity index (χ3v) is 15.7. The summed E-state index contributed by atoms with van der Waals surface area (Å²) in [5, 5.41) is 12.1. The van der Waals surface area contributed by atoms with Crippen LogP contribution in [0.25, 0.3) is 142 Å². The van der Waals surface area contributed by atoms with Gasteiger partial charge in [0, 0.05) is 48.6 Å². The van der Waals surface area contributed by atoms with E-state index in [9.17, 15) is 0 Å². The van der Waals surface area contributed by atoms with Gasteiger partial charge >= 0.3 is 0 Å². The lowest BCUT2D eigenvalue weighted by molar-refractivity contribution is 1.02. The van der Waals surface area contributed by atoms with Crippen molar-refractivity contribution in [3.8, 4) is 55.6 Å². The molecule has 0 aliphatic rings. The Morgan fingerprint density at radius 2 is 0.944 bits per heavy atom. The van der Waals surface area contributed by atoms with Gasteiger partial charge in [0.15, 0.2) is 0 Å². The number of thiophene rings is 1. The summed E-state index contributed by atoms with van der Waals surface area (Å²) < 4.78 is 5.84. The number of fused-ring (bicyclic) bond motifs is 12. The topological polar surface area (TPSA) is 35.6 Å². The van der Waals surface area contributed by atoms with Crippen molar-refractivity contribution in [1.82, 2.24) is 19.1 Å². The molecule has 330 valence electrons. The number of aromatic nitrogens is 4. The Labute approximate surface area is 412 Å². The van der Waals surface area contributed by atoms with E-state index in [4.69, 9.17) is 9.97 Å². The maximum Gasteiger partial charge on any atom is 0.235 e. The minimum absolute atomic E-state index is 0.644. The first kappa shape index (κ1) is 39.8. The number of nitrogens with zero attached hydrogens (tertiary/aromatic N) is 4. The predicted molar refractivity (Wildman–Crippen MR) is 300 cm³/mol. The van der Waals surface area contributed by atoms with Gasteiger partial charge in [0.2, 0.25) is 5.95 Å². The molecule has 0 saturated carbocycles. The van der Waals surface area contributed by atoms with Crippen LogP contribution >= 0.6 is 11.3 Å². The Hall–Kier alpha value is -9.16. The standard InChI is InChI=1S/C66H40N4S/c1-3-18-45(19-4-1)60-40-57-65(71-60)62(46-31-29-44(30-32-46)50-26-13-20-41-15-7-10-23-49(41)50)68-66(67-57)70-58-37-35-47(39-56(58)54-36-33-43-17-9-12-25-52(43)63(54)70)53-27-14-28-55-61-51-24-11-8-16-42(51)34-38-59(61)69(64(53)55)48-21-5-2-6-22-48/h1-40H. The summed E-state index contributed by atoms with van der Waals surface area (Å²) >= 11 is 1.76. The first-order valence-electron chi connectivity index (χ1n) is 24.1. The van der Waals surface area contributed by atoms with Crippen LogP contribution in [-0.4, -0.2) is 19.1 Å². The molecule has 4 heterocycles. The number of hydrogen-bond acceptors (Lipinski definition) is 3. The Morgan fingerprint density at radius 1 is 0.338 bits per heavy atom. The van der Waals surface area contributed by atoms with Crippen LogP contribution in [0.15, 0.2) is 243 Å². The largest absolute Gasteiger partial charge is 0.309 e. The summed E-state index contributed by atoms with van der Waals surface area (Å²) in [6, 6.07) is 88.1. The van der Waals surface area contributed by atoms with Gasteiger partial charge < -0.3 is 4.57 Å². The van der Waals surface area contributed by atoms with Crippen molar-refractivity contribution in [2.75, 3.05) is 0 Å². The van der Waals surface area contributed by atoms with Crippen molar-refractivity contribution < 1.29 is 0 Å². The van der Waals surface area contributed by atoms with Gasteiger partial charge in [-0.3, -0.25) is 4.57 Å². The van der Waals surface area contributed by atoms with Crippen LogP contribution in [0.4, 0.5) is 0 Å². The summed E-state index contributed by atoms with van der Waals surface area (Å²) in [6.45, 7) is 0. The molecule has 0 fully saturated rings. The van der Waals surface area contributed by atoms with Crippen molar-refractivity contribution in [2.45, 2.75) is 0 Å². The summed E-state index contributed by atoms with van der Waals surface area (Å²) in [6.07, 6.45) is 0. The van der Waals surface area contributed by atoms with E-state index >= 15 is 0 Å². The number of rotatable bonds is 6. The molecular formula is C66H40N4S. The fourth-order valence-corrected chi connectivity index (χ4v) is 12.4. The van der Waals surface area contributed by atoms with E-state index in [-0.39, 0.29) is 0 Å². The van der Waals surface area contributed by atoms with Crippen LogP contribution in [-0.2, 0) is 0 Å². The van der Waals surface area contributed by atoms with Crippen molar-refractivity contribution >= 4 is 97.5 Å². The van der Waals surface area contributed by atoms with E-state index in [0.717, 1.165) is 64.8 Å². The van der Waals surface area contributed by atoms with Gasteiger partial charge in [0.05, 0.1) is 38.0 Å². The van der Waals surface area contributed by atoms with E-state index in [0.29, 0.717) is 5.95 Å². The maximum atomic E-state index is 5.65. The van der Waals surface area contributed by atoms with E-state index in [1.165, 1.54) is 71.0 Å². The Bertz CT molecular complexity index is 4610. The maximum absolute atomic E-state index is 5.65. The first-order valence-corrected chi connectivity index (χ1v) is 25.0. The predicted octanol–water partition coefficient (Wildman–Crippen LogP) is 18.0. The highest BCUT2D eigenvalue weighted by Crippen LogP contribution is 2.45. The van der Waals surface area contributed by atoms with Crippen LogP contribution in [0.1, 0.15) is 0 Å². The van der Waals surface area contributed by atoms with Gasteiger partial charge in [-0.15, -0.1) is 11.3 Å². The van der Waals surface area contributed by atoms with E-state index in [1.54, 1.807) is 11.3 Å². The fourth-order valence-electron chi connectivity index (χ4n) is 11.3. The van der Waals surface area contributed by atoms with Gasteiger partial charge in [0.1, 0.15) is 0 Å². The molecule has 0 radical (unpaired) electrons. The average molecular weight is 921 g/mol. The zero-order valence-corrected chi connectivity index (χ0v) is 39.1. The molecule has 15 rings (SSSR count). The molecule has 0 saturated heterocycles. The smallest absolute Gasteiger partial charge is 0.235 e. The van der Waals surface area contributed by atoms with Crippen molar-refractivity contribution in [3.05, 3.63) is 243 Å². The first-order chi connectivity index (χ1) is 35.2. The normalized spacial score (nSPS) is 11.9. The lowest BCUT2D eigenvalue weighted by atomic mass is 9.97. The van der Waals surface area contributed by atoms with Crippen LogP contribution in [0, 0.1) is 0 Å².